The average molecular weight is 383 g/mol. The Morgan fingerprint density at radius 3 is 1.38 bits per heavy atom. The Bertz CT molecular complexity index is 412. The zero-order chi connectivity index (χ0) is 17.2. The Hall–Kier alpha value is 0.480. The number of benzene rings is 1. The summed E-state index contributed by atoms with van der Waals surface area (Å²) in [4.78, 5) is 0. The van der Waals surface area contributed by atoms with Gasteiger partial charge in [-0.05, 0) is 17.2 Å². The van der Waals surface area contributed by atoms with Gasteiger partial charge < -0.3 is 4.55 Å². The monoisotopic (exact) mass is 382 g/mol. The van der Waals surface area contributed by atoms with Crippen molar-refractivity contribution in [3.63, 3.8) is 0 Å². The SMILES string of the molecule is CCCCCCCCCCCCSS(=O)(=O)[O-].[Na+].c1ccccc1. The molecule has 0 fully saturated rings. The van der Waals surface area contributed by atoms with Gasteiger partial charge >= 0.3 is 29.6 Å². The molecule has 1 rings (SSSR count). The minimum Gasteiger partial charge on any atom is -0.739 e. The van der Waals surface area contributed by atoms with Crippen LogP contribution >= 0.6 is 10.8 Å². The van der Waals surface area contributed by atoms with Crippen LogP contribution in [0.3, 0.4) is 0 Å². The van der Waals surface area contributed by atoms with Gasteiger partial charge in [-0.2, -0.15) is 0 Å². The molecule has 0 atom stereocenters. The molecule has 0 amide bonds. The third-order valence-corrected chi connectivity index (χ3v) is 5.50. The molecule has 0 bridgehead atoms. The van der Waals surface area contributed by atoms with Crippen LogP contribution in [0.4, 0.5) is 0 Å². The van der Waals surface area contributed by atoms with Gasteiger partial charge in [-0.15, -0.1) is 0 Å². The number of hydrogen-bond donors (Lipinski definition) is 0. The normalized spacial score (nSPS) is 10.4. The van der Waals surface area contributed by atoms with Gasteiger partial charge in [0.1, 0.15) is 9.15 Å². The van der Waals surface area contributed by atoms with Crippen LogP contribution < -0.4 is 29.6 Å². The Balaban J connectivity index is 0. The quantitative estimate of drug-likeness (QED) is 0.241. The zero-order valence-corrected chi connectivity index (χ0v) is 18.9. The topological polar surface area (TPSA) is 57.2 Å². The van der Waals surface area contributed by atoms with Crippen molar-refractivity contribution < 1.29 is 42.5 Å². The summed E-state index contributed by atoms with van der Waals surface area (Å²) >= 11 is 0. The predicted molar refractivity (Wildman–Crippen MR) is 100 cm³/mol. The molecule has 0 aliphatic heterocycles. The van der Waals surface area contributed by atoms with Crippen molar-refractivity contribution >= 4 is 19.9 Å². The van der Waals surface area contributed by atoms with Gasteiger partial charge in [0.05, 0.1) is 0 Å². The first-order valence-electron chi connectivity index (χ1n) is 8.66. The van der Waals surface area contributed by atoms with Gasteiger partial charge in [-0.3, -0.25) is 0 Å². The molecule has 0 radical (unpaired) electrons. The molecule has 0 saturated carbocycles. The molecule has 0 aliphatic carbocycles. The van der Waals surface area contributed by atoms with Crippen molar-refractivity contribution in [1.29, 1.82) is 0 Å². The second kappa shape index (κ2) is 19.8. The minimum atomic E-state index is -4.07. The molecule has 3 nitrogen and oxygen atoms in total. The summed E-state index contributed by atoms with van der Waals surface area (Å²) in [5.74, 6) is 0.447. The minimum absolute atomic E-state index is 0. The second-order valence-electron chi connectivity index (χ2n) is 5.57. The molecule has 24 heavy (non-hydrogen) atoms. The van der Waals surface area contributed by atoms with Gasteiger partial charge in [0.15, 0.2) is 0 Å². The molecule has 0 heterocycles. The van der Waals surface area contributed by atoms with Crippen molar-refractivity contribution in [3.05, 3.63) is 36.4 Å². The molecule has 0 unspecified atom stereocenters. The second-order valence-corrected chi connectivity index (χ2v) is 8.96. The predicted octanol–water partition coefficient (Wildman–Crippen LogP) is 2.79. The van der Waals surface area contributed by atoms with Gasteiger partial charge in [0, 0.05) is 5.75 Å². The summed E-state index contributed by atoms with van der Waals surface area (Å²) in [6, 6.07) is 12.0. The molecule has 6 heteroatoms. The Labute approximate surface area is 174 Å². The first-order valence-corrected chi connectivity index (χ1v) is 11.6. The third kappa shape index (κ3) is 24.7. The Morgan fingerprint density at radius 2 is 1.04 bits per heavy atom. The van der Waals surface area contributed by atoms with Crippen LogP contribution in [-0.2, 0) is 9.15 Å². The number of unbranched alkanes of at least 4 members (excludes halogenated alkanes) is 9. The fraction of sp³-hybridized carbons (Fsp3) is 0.667. The summed E-state index contributed by atoms with van der Waals surface area (Å²) in [7, 11) is -3.54. The largest absolute Gasteiger partial charge is 1.00 e. The van der Waals surface area contributed by atoms with E-state index in [1.807, 2.05) is 36.4 Å². The molecular weight excluding hydrogens is 351 g/mol. The first-order chi connectivity index (χ1) is 11.1. The van der Waals surface area contributed by atoms with E-state index in [1.54, 1.807) is 0 Å². The van der Waals surface area contributed by atoms with Gasteiger partial charge in [0.25, 0.3) is 0 Å². The maximum absolute atomic E-state index is 10.3. The van der Waals surface area contributed by atoms with E-state index in [-0.39, 0.29) is 29.6 Å². The Morgan fingerprint density at radius 1 is 0.708 bits per heavy atom. The summed E-state index contributed by atoms with van der Waals surface area (Å²) in [5, 5.41) is 0. The van der Waals surface area contributed by atoms with E-state index >= 15 is 0 Å². The summed E-state index contributed by atoms with van der Waals surface area (Å²) in [5.41, 5.74) is 0. The molecule has 0 saturated heterocycles. The Kier molecular flexibility index (Phi) is 22.0. The molecule has 0 aromatic heterocycles. The smallest absolute Gasteiger partial charge is 0.739 e. The van der Waals surface area contributed by atoms with Crippen LogP contribution in [0.1, 0.15) is 71.1 Å². The number of hydrogen-bond acceptors (Lipinski definition) is 4. The van der Waals surface area contributed by atoms with E-state index in [0.29, 0.717) is 16.5 Å². The molecule has 1 aromatic rings. The van der Waals surface area contributed by atoms with Crippen LogP contribution in [0, 0.1) is 0 Å². The van der Waals surface area contributed by atoms with Crippen molar-refractivity contribution in [3.8, 4) is 0 Å². The maximum atomic E-state index is 10.3. The molecule has 0 aliphatic rings. The van der Waals surface area contributed by atoms with Crippen LogP contribution in [0.5, 0.6) is 0 Å². The third-order valence-electron chi connectivity index (χ3n) is 3.39. The van der Waals surface area contributed by atoms with Crippen LogP contribution in [0.25, 0.3) is 0 Å². The summed E-state index contributed by atoms with van der Waals surface area (Å²) in [6.07, 6.45) is 12.2. The average Bonchev–Trinajstić information content (AvgIpc) is 2.54. The van der Waals surface area contributed by atoms with Crippen molar-refractivity contribution in [2.24, 2.45) is 0 Å². The molecular formula is C18H31NaO3S2. The summed E-state index contributed by atoms with van der Waals surface area (Å²) in [6.45, 7) is 2.22. The van der Waals surface area contributed by atoms with Crippen molar-refractivity contribution in [1.82, 2.24) is 0 Å². The van der Waals surface area contributed by atoms with E-state index in [2.05, 4.69) is 6.92 Å². The van der Waals surface area contributed by atoms with Crippen molar-refractivity contribution in [2.45, 2.75) is 71.1 Å². The number of rotatable bonds is 12. The maximum Gasteiger partial charge on any atom is 1.00 e. The van der Waals surface area contributed by atoms with Gasteiger partial charge in [-0.1, -0.05) is 101 Å². The molecule has 0 N–H and O–H groups in total. The molecule has 134 valence electrons. The fourth-order valence-electron chi connectivity index (χ4n) is 2.14. The molecule has 0 spiro atoms. The van der Waals surface area contributed by atoms with E-state index in [9.17, 15) is 13.0 Å². The van der Waals surface area contributed by atoms with Crippen LogP contribution in [0.15, 0.2) is 36.4 Å². The van der Waals surface area contributed by atoms with Gasteiger partial charge in [0.2, 0.25) is 0 Å². The van der Waals surface area contributed by atoms with Gasteiger partial charge in [-0.25, -0.2) is 8.42 Å². The standard InChI is InChI=1S/C12H26O3S2.C6H6.Na/c1-2-3-4-5-6-7-8-9-10-11-12-16-17(13,14)15;1-2-4-6-5-3-1;/h2-12H2,1H3,(H,13,14,15);1-6H;/q;;+1/p-1. The van der Waals surface area contributed by atoms with E-state index in [0.717, 1.165) is 19.3 Å². The van der Waals surface area contributed by atoms with Crippen LogP contribution in [0.2, 0.25) is 0 Å². The zero-order valence-electron chi connectivity index (χ0n) is 15.3. The molecule has 1 aromatic carbocycles. The fourth-order valence-corrected chi connectivity index (χ4v) is 3.63. The van der Waals surface area contributed by atoms with E-state index in [4.69, 9.17) is 0 Å². The van der Waals surface area contributed by atoms with E-state index in [1.165, 1.54) is 44.9 Å². The first kappa shape index (κ1) is 26.7. The van der Waals surface area contributed by atoms with Crippen molar-refractivity contribution in [2.75, 3.05) is 5.75 Å². The van der Waals surface area contributed by atoms with Crippen LogP contribution in [-0.4, -0.2) is 18.7 Å². The summed E-state index contributed by atoms with van der Waals surface area (Å²) < 4.78 is 30.9. The van der Waals surface area contributed by atoms with E-state index < -0.39 is 9.15 Å².